The van der Waals surface area contributed by atoms with Crippen molar-refractivity contribution >= 4 is 23.4 Å². The minimum atomic E-state index is -0.157. The van der Waals surface area contributed by atoms with Crippen molar-refractivity contribution in [1.29, 1.82) is 0 Å². The Balaban J connectivity index is 1.89. The molecule has 2 aromatic rings. The molecule has 0 bridgehead atoms. The predicted molar refractivity (Wildman–Crippen MR) is 113 cm³/mol. The van der Waals surface area contributed by atoms with Crippen molar-refractivity contribution in [2.75, 3.05) is 0 Å². The Morgan fingerprint density at radius 3 is 2.27 bits per heavy atom. The van der Waals surface area contributed by atoms with E-state index in [1.807, 2.05) is 32.0 Å². The van der Waals surface area contributed by atoms with Crippen molar-refractivity contribution in [2.45, 2.75) is 51.0 Å². The van der Waals surface area contributed by atoms with Crippen LogP contribution in [0.15, 0.2) is 59.7 Å². The second-order valence-corrected chi connectivity index (χ2v) is 8.77. The molecule has 1 atom stereocenters. The van der Waals surface area contributed by atoms with Crippen LogP contribution in [0.5, 0.6) is 0 Å². The zero-order valence-corrected chi connectivity index (χ0v) is 17.1. The average molecular weight is 369 g/mol. The highest BCUT2D eigenvalue weighted by Gasteiger charge is 2.14. The maximum absolute atomic E-state index is 12.2. The van der Waals surface area contributed by atoms with Crippen LogP contribution in [-0.2, 0) is 16.0 Å². The van der Waals surface area contributed by atoms with Gasteiger partial charge in [0, 0.05) is 5.75 Å². The van der Waals surface area contributed by atoms with Gasteiger partial charge in [0.25, 0.3) is 5.91 Å². The smallest absolute Gasteiger partial charge is 0.252 e. The van der Waals surface area contributed by atoms with E-state index in [9.17, 15) is 4.79 Å². The van der Waals surface area contributed by atoms with Crippen LogP contribution in [0.2, 0.25) is 0 Å². The number of hydrogen-bond acceptors (Lipinski definition) is 3. The third-order valence-corrected chi connectivity index (χ3v) is 5.43. The summed E-state index contributed by atoms with van der Waals surface area (Å²) in [6, 6.07) is 18.5. The lowest BCUT2D eigenvalue weighted by molar-refractivity contribution is -0.120. The number of thioether (sulfide) groups is 1. The number of carbonyl (C=O) groups excluding carboxylic acids is 1. The zero-order chi connectivity index (χ0) is 19.2. The van der Waals surface area contributed by atoms with Crippen LogP contribution in [0.3, 0.4) is 0 Å². The summed E-state index contributed by atoms with van der Waals surface area (Å²) in [7, 11) is 0. The lowest BCUT2D eigenvalue weighted by Gasteiger charge is -2.19. The molecular formula is C22H28N2OS. The van der Waals surface area contributed by atoms with Gasteiger partial charge < -0.3 is 0 Å². The first kappa shape index (κ1) is 20.2. The van der Waals surface area contributed by atoms with E-state index in [1.54, 1.807) is 11.8 Å². The van der Waals surface area contributed by atoms with Gasteiger partial charge in [0.15, 0.2) is 0 Å². The number of carbonyl (C=O) groups is 1. The maximum Gasteiger partial charge on any atom is 0.252 e. The Morgan fingerprint density at radius 2 is 1.69 bits per heavy atom. The fourth-order valence-corrected chi connectivity index (χ4v) is 3.22. The van der Waals surface area contributed by atoms with Crippen molar-refractivity contribution in [3.05, 3.63) is 71.3 Å². The van der Waals surface area contributed by atoms with E-state index in [-0.39, 0.29) is 16.6 Å². The Kier molecular flexibility index (Phi) is 7.04. The summed E-state index contributed by atoms with van der Waals surface area (Å²) in [5.41, 5.74) is 7.14. The predicted octanol–water partition coefficient (Wildman–Crippen LogP) is 5.15. The summed E-state index contributed by atoms with van der Waals surface area (Å²) in [5.74, 6) is 0.739. The molecule has 0 aliphatic heterocycles. The van der Waals surface area contributed by atoms with Gasteiger partial charge in [0.1, 0.15) is 0 Å². The molecule has 4 heteroatoms. The fraction of sp³-hybridized carbons (Fsp3) is 0.364. The van der Waals surface area contributed by atoms with Gasteiger partial charge in [-0.05, 0) is 36.0 Å². The van der Waals surface area contributed by atoms with E-state index >= 15 is 0 Å². The number of rotatable bonds is 6. The van der Waals surface area contributed by atoms with Crippen LogP contribution < -0.4 is 5.43 Å². The molecule has 0 aromatic heterocycles. The molecule has 138 valence electrons. The van der Waals surface area contributed by atoms with Crippen LogP contribution >= 0.6 is 11.8 Å². The number of benzene rings is 2. The molecule has 0 radical (unpaired) electrons. The van der Waals surface area contributed by atoms with Gasteiger partial charge in [0.2, 0.25) is 0 Å². The van der Waals surface area contributed by atoms with Gasteiger partial charge in [-0.15, -0.1) is 11.8 Å². The molecule has 2 aromatic carbocycles. The lowest BCUT2D eigenvalue weighted by atomic mass is 9.86. The van der Waals surface area contributed by atoms with E-state index in [1.165, 1.54) is 11.1 Å². The van der Waals surface area contributed by atoms with Crippen LogP contribution in [0, 0.1) is 0 Å². The molecule has 0 aliphatic carbocycles. The maximum atomic E-state index is 12.2. The summed E-state index contributed by atoms with van der Waals surface area (Å²) in [6.07, 6.45) is 0. The molecule has 0 saturated heterocycles. The quantitative estimate of drug-likeness (QED) is 0.566. The van der Waals surface area contributed by atoms with E-state index in [0.29, 0.717) is 0 Å². The molecule has 0 aliphatic rings. The molecular weight excluding hydrogens is 340 g/mol. The number of hydrogen-bond donors (Lipinski definition) is 1. The summed E-state index contributed by atoms with van der Waals surface area (Å²) in [4.78, 5) is 12.2. The first-order valence-electron chi connectivity index (χ1n) is 8.88. The third kappa shape index (κ3) is 6.03. The minimum Gasteiger partial charge on any atom is -0.272 e. The highest BCUT2D eigenvalue weighted by atomic mass is 32.2. The molecule has 0 saturated carbocycles. The number of hydrazone groups is 1. The van der Waals surface area contributed by atoms with Crippen LogP contribution in [-0.4, -0.2) is 16.9 Å². The molecule has 2 rings (SSSR count). The summed E-state index contributed by atoms with van der Waals surface area (Å²) in [5, 5.41) is 4.11. The molecule has 1 amide bonds. The van der Waals surface area contributed by atoms with Crippen molar-refractivity contribution in [1.82, 2.24) is 5.43 Å². The topological polar surface area (TPSA) is 41.5 Å². The summed E-state index contributed by atoms with van der Waals surface area (Å²) in [6.45, 7) is 10.4. The average Bonchev–Trinajstić information content (AvgIpc) is 2.64. The molecule has 0 spiro atoms. The second kappa shape index (κ2) is 9.04. The highest BCUT2D eigenvalue weighted by molar-refractivity contribution is 7.99. The summed E-state index contributed by atoms with van der Waals surface area (Å²) < 4.78 is 0. The highest BCUT2D eigenvalue weighted by Crippen LogP contribution is 2.22. The lowest BCUT2D eigenvalue weighted by Crippen LogP contribution is -2.27. The van der Waals surface area contributed by atoms with Gasteiger partial charge in [-0.2, -0.15) is 5.10 Å². The minimum absolute atomic E-state index is 0.0726. The van der Waals surface area contributed by atoms with Gasteiger partial charge in [-0.3, -0.25) is 4.79 Å². The van der Waals surface area contributed by atoms with E-state index in [0.717, 1.165) is 17.0 Å². The Bertz CT molecular complexity index is 746. The molecule has 3 nitrogen and oxygen atoms in total. The fourth-order valence-electron chi connectivity index (χ4n) is 2.38. The van der Waals surface area contributed by atoms with E-state index in [2.05, 4.69) is 67.7 Å². The standard InChI is InChI=1S/C22H28N2OS/c1-16(19-11-13-20(14-12-19)22(3,4)5)23-24-21(25)17(2)26-15-18-9-7-6-8-10-18/h6-14,17H,15H2,1-5H3,(H,24,25)/b23-16-/t17-/m1/s1. The number of nitrogens with zero attached hydrogens (tertiary/aromatic N) is 1. The normalized spacial score (nSPS) is 13.3. The summed E-state index contributed by atoms with van der Waals surface area (Å²) >= 11 is 1.61. The van der Waals surface area contributed by atoms with Gasteiger partial charge >= 0.3 is 0 Å². The van der Waals surface area contributed by atoms with Crippen molar-refractivity contribution in [3.63, 3.8) is 0 Å². The first-order valence-corrected chi connectivity index (χ1v) is 9.93. The number of amides is 1. The second-order valence-electron chi connectivity index (χ2n) is 7.44. The van der Waals surface area contributed by atoms with E-state index in [4.69, 9.17) is 0 Å². The Hall–Kier alpha value is -2.07. The van der Waals surface area contributed by atoms with Crippen molar-refractivity contribution in [2.24, 2.45) is 5.10 Å². The van der Waals surface area contributed by atoms with Crippen LogP contribution in [0.4, 0.5) is 0 Å². The van der Waals surface area contributed by atoms with Gasteiger partial charge in [0.05, 0.1) is 11.0 Å². The first-order chi connectivity index (χ1) is 12.3. The van der Waals surface area contributed by atoms with Gasteiger partial charge in [-0.25, -0.2) is 5.43 Å². The van der Waals surface area contributed by atoms with Crippen LogP contribution in [0.1, 0.15) is 51.3 Å². The zero-order valence-electron chi connectivity index (χ0n) is 16.2. The van der Waals surface area contributed by atoms with Crippen molar-refractivity contribution < 1.29 is 4.79 Å². The monoisotopic (exact) mass is 368 g/mol. The third-order valence-electron chi connectivity index (χ3n) is 4.21. The number of nitrogens with one attached hydrogen (secondary N) is 1. The molecule has 1 N–H and O–H groups in total. The molecule has 26 heavy (non-hydrogen) atoms. The molecule has 0 fully saturated rings. The largest absolute Gasteiger partial charge is 0.272 e. The SMILES string of the molecule is C/C(=N/NC(=O)[C@@H](C)SCc1ccccc1)c1ccc(C(C)(C)C)cc1. The van der Waals surface area contributed by atoms with Crippen molar-refractivity contribution in [3.8, 4) is 0 Å². The Morgan fingerprint density at radius 1 is 1.08 bits per heavy atom. The van der Waals surface area contributed by atoms with E-state index < -0.39 is 0 Å². The van der Waals surface area contributed by atoms with Crippen LogP contribution in [0.25, 0.3) is 0 Å². The van der Waals surface area contributed by atoms with Gasteiger partial charge in [-0.1, -0.05) is 75.4 Å². The molecule has 0 unspecified atom stereocenters. The molecule has 0 heterocycles. The Labute approximate surface area is 161 Å².